The minimum atomic E-state index is 0.580. The van der Waals surface area contributed by atoms with Crippen molar-refractivity contribution in [3.05, 3.63) is 18.3 Å². The molecule has 0 radical (unpaired) electrons. The lowest BCUT2D eigenvalue weighted by molar-refractivity contribution is 0.329. The third-order valence-corrected chi connectivity index (χ3v) is 3.75. The van der Waals surface area contributed by atoms with Crippen molar-refractivity contribution in [3.8, 4) is 5.88 Å². The lowest BCUT2D eigenvalue weighted by Crippen LogP contribution is -2.26. The molecule has 0 spiro atoms. The SMILES string of the molecule is CCC1CCC(Nc2cccnc2OC)CC1. The Labute approximate surface area is 104 Å². The largest absolute Gasteiger partial charge is 0.480 e. The highest BCUT2D eigenvalue weighted by molar-refractivity contribution is 5.52. The van der Waals surface area contributed by atoms with Crippen molar-refractivity contribution in [3.63, 3.8) is 0 Å². The van der Waals surface area contributed by atoms with Crippen LogP contribution in [0.2, 0.25) is 0 Å². The van der Waals surface area contributed by atoms with Gasteiger partial charge in [-0.25, -0.2) is 4.98 Å². The first-order chi connectivity index (χ1) is 8.33. The number of nitrogens with one attached hydrogen (secondary N) is 1. The van der Waals surface area contributed by atoms with Gasteiger partial charge in [-0.15, -0.1) is 0 Å². The van der Waals surface area contributed by atoms with Gasteiger partial charge in [-0.2, -0.15) is 0 Å². The molecule has 17 heavy (non-hydrogen) atoms. The molecular formula is C14H22N2O. The standard InChI is InChI=1S/C14H22N2O/c1-3-11-6-8-12(9-7-11)16-13-5-4-10-15-14(13)17-2/h4-5,10-12,16H,3,6-9H2,1-2H3. The Hall–Kier alpha value is -1.25. The molecule has 1 aromatic heterocycles. The molecule has 0 aliphatic heterocycles. The van der Waals surface area contributed by atoms with Gasteiger partial charge in [0, 0.05) is 12.2 Å². The molecule has 1 heterocycles. The lowest BCUT2D eigenvalue weighted by Gasteiger charge is -2.29. The van der Waals surface area contributed by atoms with Crippen molar-refractivity contribution >= 4 is 5.69 Å². The zero-order valence-electron chi connectivity index (χ0n) is 10.8. The van der Waals surface area contributed by atoms with Crippen LogP contribution < -0.4 is 10.1 Å². The monoisotopic (exact) mass is 234 g/mol. The van der Waals surface area contributed by atoms with Gasteiger partial charge in [-0.1, -0.05) is 13.3 Å². The maximum absolute atomic E-state index is 5.26. The summed E-state index contributed by atoms with van der Waals surface area (Å²) in [6.07, 6.45) is 8.29. The Morgan fingerprint density at radius 1 is 1.35 bits per heavy atom. The molecule has 0 aromatic carbocycles. The van der Waals surface area contributed by atoms with Gasteiger partial charge in [0.2, 0.25) is 5.88 Å². The lowest BCUT2D eigenvalue weighted by atomic mass is 9.84. The van der Waals surface area contributed by atoms with Gasteiger partial charge >= 0.3 is 0 Å². The number of pyridine rings is 1. The minimum Gasteiger partial charge on any atom is -0.480 e. The first kappa shape index (κ1) is 12.2. The van der Waals surface area contributed by atoms with E-state index in [1.165, 1.54) is 32.1 Å². The molecule has 1 N–H and O–H groups in total. The second kappa shape index (κ2) is 5.89. The third kappa shape index (κ3) is 3.11. The van der Waals surface area contributed by atoms with E-state index in [0.29, 0.717) is 11.9 Å². The first-order valence-corrected chi connectivity index (χ1v) is 6.59. The Morgan fingerprint density at radius 2 is 2.12 bits per heavy atom. The molecule has 0 atom stereocenters. The first-order valence-electron chi connectivity index (χ1n) is 6.59. The van der Waals surface area contributed by atoms with Crippen LogP contribution in [0.3, 0.4) is 0 Å². The van der Waals surface area contributed by atoms with E-state index >= 15 is 0 Å². The van der Waals surface area contributed by atoms with E-state index in [-0.39, 0.29) is 0 Å². The van der Waals surface area contributed by atoms with Gasteiger partial charge in [0.25, 0.3) is 0 Å². The number of rotatable bonds is 4. The maximum atomic E-state index is 5.26. The summed E-state index contributed by atoms with van der Waals surface area (Å²) in [5, 5.41) is 3.56. The number of aromatic nitrogens is 1. The van der Waals surface area contributed by atoms with E-state index in [0.717, 1.165) is 11.6 Å². The molecule has 1 aliphatic rings. The van der Waals surface area contributed by atoms with Gasteiger partial charge in [0.05, 0.1) is 12.8 Å². The van der Waals surface area contributed by atoms with E-state index in [2.05, 4.69) is 17.2 Å². The van der Waals surface area contributed by atoms with Crippen LogP contribution in [0, 0.1) is 5.92 Å². The molecule has 1 aliphatic carbocycles. The molecule has 1 fully saturated rings. The smallest absolute Gasteiger partial charge is 0.237 e. The van der Waals surface area contributed by atoms with Crippen LogP contribution in [0.15, 0.2) is 18.3 Å². The fourth-order valence-electron chi connectivity index (χ4n) is 2.60. The second-order valence-electron chi connectivity index (χ2n) is 4.83. The fourth-order valence-corrected chi connectivity index (χ4v) is 2.60. The molecule has 1 aromatic rings. The second-order valence-corrected chi connectivity index (χ2v) is 4.83. The van der Waals surface area contributed by atoms with Crippen LogP contribution in [0.5, 0.6) is 5.88 Å². The number of anilines is 1. The van der Waals surface area contributed by atoms with E-state index in [4.69, 9.17) is 4.74 Å². The van der Waals surface area contributed by atoms with Gasteiger partial charge in [0.15, 0.2) is 0 Å². The Balaban J connectivity index is 1.93. The van der Waals surface area contributed by atoms with Crippen molar-refractivity contribution in [2.75, 3.05) is 12.4 Å². The molecular weight excluding hydrogens is 212 g/mol. The summed E-state index contributed by atoms with van der Waals surface area (Å²) in [5.41, 5.74) is 1.02. The number of hydrogen-bond acceptors (Lipinski definition) is 3. The van der Waals surface area contributed by atoms with E-state index in [1.807, 2.05) is 12.1 Å². The Morgan fingerprint density at radius 3 is 2.76 bits per heavy atom. The Kier molecular flexibility index (Phi) is 4.24. The topological polar surface area (TPSA) is 34.2 Å². The van der Waals surface area contributed by atoms with Crippen LogP contribution in [-0.4, -0.2) is 18.1 Å². The molecule has 0 bridgehead atoms. The normalized spacial score (nSPS) is 24.4. The van der Waals surface area contributed by atoms with Crippen molar-refractivity contribution < 1.29 is 4.74 Å². The average Bonchev–Trinajstić information content (AvgIpc) is 2.40. The highest BCUT2D eigenvalue weighted by Gasteiger charge is 2.20. The third-order valence-electron chi connectivity index (χ3n) is 3.75. The van der Waals surface area contributed by atoms with Gasteiger partial charge in [-0.3, -0.25) is 0 Å². The highest BCUT2D eigenvalue weighted by atomic mass is 16.5. The minimum absolute atomic E-state index is 0.580. The van der Waals surface area contributed by atoms with Gasteiger partial charge in [0.1, 0.15) is 0 Å². The zero-order valence-corrected chi connectivity index (χ0v) is 10.8. The summed E-state index contributed by atoms with van der Waals surface area (Å²) in [6.45, 7) is 2.29. The predicted molar refractivity (Wildman–Crippen MR) is 70.4 cm³/mol. The number of ether oxygens (including phenoxy) is 1. The van der Waals surface area contributed by atoms with Crippen molar-refractivity contribution in [2.24, 2.45) is 5.92 Å². The summed E-state index contributed by atoms with van der Waals surface area (Å²) in [5.74, 6) is 1.63. The summed E-state index contributed by atoms with van der Waals surface area (Å²) >= 11 is 0. The molecule has 0 amide bonds. The molecule has 2 rings (SSSR count). The predicted octanol–water partition coefficient (Wildman–Crippen LogP) is 3.47. The van der Waals surface area contributed by atoms with Crippen molar-refractivity contribution in [2.45, 2.75) is 45.1 Å². The van der Waals surface area contributed by atoms with Crippen LogP contribution in [0.25, 0.3) is 0 Å². The van der Waals surface area contributed by atoms with Gasteiger partial charge in [-0.05, 0) is 43.7 Å². The van der Waals surface area contributed by atoms with E-state index < -0.39 is 0 Å². The van der Waals surface area contributed by atoms with Crippen LogP contribution in [0.4, 0.5) is 5.69 Å². The van der Waals surface area contributed by atoms with Crippen LogP contribution >= 0.6 is 0 Å². The fraction of sp³-hybridized carbons (Fsp3) is 0.643. The molecule has 0 unspecified atom stereocenters. The number of nitrogens with zero attached hydrogens (tertiary/aromatic N) is 1. The highest BCUT2D eigenvalue weighted by Crippen LogP contribution is 2.30. The number of methoxy groups -OCH3 is 1. The molecule has 1 saturated carbocycles. The maximum Gasteiger partial charge on any atom is 0.237 e. The number of hydrogen-bond donors (Lipinski definition) is 1. The summed E-state index contributed by atoms with van der Waals surface area (Å²) < 4.78 is 5.26. The van der Waals surface area contributed by atoms with E-state index in [9.17, 15) is 0 Å². The summed E-state index contributed by atoms with van der Waals surface area (Å²) in [4.78, 5) is 4.21. The Bertz CT molecular complexity index is 346. The van der Waals surface area contributed by atoms with Crippen molar-refractivity contribution in [1.82, 2.24) is 4.98 Å². The molecule has 0 saturated heterocycles. The van der Waals surface area contributed by atoms with Crippen LogP contribution in [-0.2, 0) is 0 Å². The molecule has 3 nitrogen and oxygen atoms in total. The molecule has 94 valence electrons. The van der Waals surface area contributed by atoms with Crippen LogP contribution in [0.1, 0.15) is 39.0 Å². The zero-order chi connectivity index (χ0) is 12.1. The van der Waals surface area contributed by atoms with E-state index in [1.54, 1.807) is 13.3 Å². The quantitative estimate of drug-likeness (QED) is 0.866. The summed E-state index contributed by atoms with van der Waals surface area (Å²) in [6, 6.07) is 4.57. The molecule has 3 heteroatoms. The van der Waals surface area contributed by atoms with Gasteiger partial charge < -0.3 is 10.1 Å². The summed E-state index contributed by atoms with van der Waals surface area (Å²) in [7, 11) is 1.67. The average molecular weight is 234 g/mol. The van der Waals surface area contributed by atoms with Crippen molar-refractivity contribution in [1.29, 1.82) is 0 Å².